The highest BCUT2D eigenvalue weighted by Gasteiger charge is 2.22. The molecule has 0 aromatic carbocycles. The van der Waals surface area contributed by atoms with Gasteiger partial charge in [0.2, 0.25) is 0 Å². The van der Waals surface area contributed by atoms with Crippen molar-refractivity contribution in [1.82, 2.24) is 5.32 Å². The molecular weight excluding hydrogens is 282 g/mol. The van der Waals surface area contributed by atoms with Gasteiger partial charge in [0.25, 0.3) is 0 Å². The van der Waals surface area contributed by atoms with E-state index in [9.17, 15) is 0 Å². The van der Waals surface area contributed by atoms with Crippen molar-refractivity contribution >= 4 is 27.3 Å². The average molecular weight is 304 g/mol. The molecule has 0 aliphatic rings. The largest absolute Gasteiger partial charge is 0.312 e. The molecule has 0 amide bonds. The lowest BCUT2D eigenvalue weighted by Crippen LogP contribution is -2.42. The van der Waals surface area contributed by atoms with Gasteiger partial charge in [-0.25, -0.2) is 0 Å². The van der Waals surface area contributed by atoms with Gasteiger partial charge in [-0.3, -0.25) is 0 Å². The second-order valence-corrected chi connectivity index (χ2v) is 7.99. The molecule has 0 radical (unpaired) electrons. The van der Waals surface area contributed by atoms with Gasteiger partial charge in [0.1, 0.15) is 0 Å². The third-order valence-electron chi connectivity index (χ3n) is 2.43. The average Bonchev–Trinajstić information content (AvgIpc) is 2.47. The molecule has 1 rings (SSSR count). The molecule has 1 nitrogen and oxygen atoms in total. The van der Waals surface area contributed by atoms with E-state index in [1.165, 1.54) is 9.35 Å². The van der Waals surface area contributed by atoms with E-state index < -0.39 is 0 Å². The minimum atomic E-state index is 0.198. The van der Waals surface area contributed by atoms with Crippen LogP contribution in [0.25, 0.3) is 0 Å². The Morgan fingerprint density at radius 2 is 1.88 bits per heavy atom. The van der Waals surface area contributed by atoms with Gasteiger partial charge >= 0.3 is 0 Å². The summed E-state index contributed by atoms with van der Waals surface area (Å²) in [4.78, 5) is 1.45. The van der Waals surface area contributed by atoms with Crippen molar-refractivity contribution in [1.29, 1.82) is 0 Å². The fourth-order valence-electron chi connectivity index (χ4n) is 1.45. The van der Waals surface area contributed by atoms with Crippen molar-refractivity contribution < 1.29 is 0 Å². The zero-order valence-electron chi connectivity index (χ0n) is 10.9. The summed E-state index contributed by atoms with van der Waals surface area (Å²) < 4.78 is 1.25. The minimum absolute atomic E-state index is 0.198. The molecule has 0 bridgehead atoms. The van der Waals surface area contributed by atoms with Crippen molar-refractivity contribution in [3.05, 3.63) is 20.8 Å². The molecule has 16 heavy (non-hydrogen) atoms. The molecule has 1 N–H and O–H groups in total. The topological polar surface area (TPSA) is 12.0 Å². The van der Waals surface area contributed by atoms with Gasteiger partial charge in [0, 0.05) is 21.4 Å². The molecule has 1 aromatic rings. The molecule has 3 heteroatoms. The molecule has 0 unspecified atom stereocenters. The van der Waals surface area contributed by atoms with E-state index in [0.717, 1.165) is 13.0 Å². The number of rotatable bonds is 4. The smallest absolute Gasteiger partial charge is 0.0314 e. The van der Waals surface area contributed by atoms with Crippen LogP contribution in [0.2, 0.25) is 0 Å². The van der Waals surface area contributed by atoms with Crippen molar-refractivity contribution in [3.63, 3.8) is 0 Å². The van der Waals surface area contributed by atoms with E-state index in [-0.39, 0.29) is 5.54 Å². The highest BCUT2D eigenvalue weighted by molar-refractivity contribution is 9.10. The Hall–Kier alpha value is 0.140. The van der Waals surface area contributed by atoms with Gasteiger partial charge in [-0.05, 0) is 60.0 Å². The molecule has 0 saturated heterocycles. The molecule has 0 spiro atoms. The van der Waals surface area contributed by atoms with E-state index in [0.29, 0.717) is 5.41 Å². The summed E-state index contributed by atoms with van der Waals surface area (Å²) >= 11 is 5.43. The first-order chi connectivity index (χ1) is 7.20. The fraction of sp³-hybridized carbons (Fsp3) is 0.692. The Morgan fingerprint density at radius 1 is 1.25 bits per heavy atom. The Balaban J connectivity index is 2.55. The van der Waals surface area contributed by atoms with Crippen LogP contribution in [0.15, 0.2) is 15.9 Å². The Kier molecular flexibility index (Phi) is 4.61. The first kappa shape index (κ1) is 14.2. The zero-order valence-corrected chi connectivity index (χ0v) is 13.3. The number of hydrogen-bond donors (Lipinski definition) is 1. The van der Waals surface area contributed by atoms with E-state index in [2.05, 4.69) is 67.3 Å². The molecule has 0 fully saturated rings. The van der Waals surface area contributed by atoms with Crippen LogP contribution in [0.5, 0.6) is 0 Å². The number of hydrogen-bond acceptors (Lipinski definition) is 2. The Bertz CT molecular complexity index is 336. The van der Waals surface area contributed by atoms with Gasteiger partial charge in [0.05, 0.1) is 0 Å². The molecule has 1 heterocycles. The van der Waals surface area contributed by atoms with Gasteiger partial charge in [-0.2, -0.15) is 0 Å². The lowest BCUT2D eigenvalue weighted by molar-refractivity contribution is 0.290. The standard InChI is InChI=1S/C13H22BrNS/c1-12(2,3)15-9-13(4,5)8-11-10(14)6-7-16-11/h6-7,15H,8-9H2,1-5H3. The van der Waals surface area contributed by atoms with Crippen LogP contribution in [0.4, 0.5) is 0 Å². The predicted molar refractivity (Wildman–Crippen MR) is 77.3 cm³/mol. The van der Waals surface area contributed by atoms with E-state index in [1.807, 2.05) is 11.3 Å². The Labute approximate surface area is 112 Å². The van der Waals surface area contributed by atoms with Crippen molar-refractivity contribution in [2.75, 3.05) is 6.54 Å². The number of thiophene rings is 1. The summed E-state index contributed by atoms with van der Waals surface area (Å²) in [5.74, 6) is 0. The second kappa shape index (κ2) is 5.19. The van der Waals surface area contributed by atoms with Crippen molar-refractivity contribution in [2.24, 2.45) is 5.41 Å². The van der Waals surface area contributed by atoms with Crippen LogP contribution in [0.1, 0.15) is 39.5 Å². The highest BCUT2D eigenvalue weighted by atomic mass is 79.9. The molecule has 1 aromatic heterocycles. The first-order valence-corrected chi connectivity index (χ1v) is 7.34. The third kappa shape index (κ3) is 4.98. The van der Waals surface area contributed by atoms with Crippen LogP contribution >= 0.6 is 27.3 Å². The van der Waals surface area contributed by atoms with Gasteiger partial charge in [0.15, 0.2) is 0 Å². The Morgan fingerprint density at radius 3 is 2.31 bits per heavy atom. The summed E-state index contributed by atoms with van der Waals surface area (Å²) in [7, 11) is 0. The SMILES string of the molecule is CC(C)(CNC(C)(C)C)Cc1sccc1Br. The number of halogens is 1. The zero-order chi connectivity index (χ0) is 12.4. The molecule has 0 aliphatic heterocycles. The van der Waals surface area contributed by atoms with Gasteiger partial charge in [-0.15, -0.1) is 11.3 Å². The van der Waals surface area contributed by atoms with Crippen LogP contribution in [0, 0.1) is 5.41 Å². The molecule has 0 atom stereocenters. The number of nitrogens with one attached hydrogen (secondary N) is 1. The maximum Gasteiger partial charge on any atom is 0.0314 e. The summed E-state index contributed by atoms with van der Waals surface area (Å²) in [5, 5.41) is 5.73. The normalized spacial score (nSPS) is 13.1. The van der Waals surface area contributed by atoms with Crippen LogP contribution in [0.3, 0.4) is 0 Å². The van der Waals surface area contributed by atoms with Gasteiger partial charge in [-0.1, -0.05) is 13.8 Å². The van der Waals surface area contributed by atoms with Crippen LogP contribution in [-0.4, -0.2) is 12.1 Å². The van der Waals surface area contributed by atoms with Crippen LogP contribution in [-0.2, 0) is 6.42 Å². The lowest BCUT2D eigenvalue weighted by Gasteiger charge is -2.30. The molecule has 0 saturated carbocycles. The summed E-state index contributed by atoms with van der Waals surface area (Å²) in [6, 6.07) is 2.13. The highest BCUT2D eigenvalue weighted by Crippen LogP contribution is 2.30. The minimum Gasteiger partial charge on any atom is -0.312 e. The third-order valence-corrected chi connectivity index (χ3v) is 4.35. The molecule has 0 aliphatic carbocycles. The van der Waals surface area contributed by atoms with Crippen molar-refractivity contribution in [2.45, 2.75) is 46.6 Å². The fourth-order valence-corrected chi connectivity index (χ4v) is 3.20. The first-order valence-electron chi connectivity index (χ1n) is 5.67. The quantitative estimate of drug-likeness (QED) is 0.865. The molecule has 92 valence electrons. The van der Waals surface area contributed by atoms with E-state index >= 15 is 0 Å². The molecular formula is C13H22BrNS. The summed E-state index contributed by atoms with van der Waals surface area (Å²) in [6.45, 7) is 12.3. The predicted octanol–water partition coefficient (Wildman–Crippen LogP) is 4.47. The monoisotopic (exact) mass is 303 g/mol. The maximum absolute atomic E-state index is 3.60. The van der Waals surface area contributed by atoms with Gasteiger partial charge < -0.3 is 5.32 Å². The lowest BCUT2D eigenvalue weighted by atomic mass is 9.87. The second-order valence-electron chi connectivity index (χ2n) is 6.14. The van der Waals surface area contributed by atoms with E-state index in [1.54, 1.807) is 0 Å². The summed E-state index contributed by atoms with van der Waals surface area (Å²) in [6.07, 6.45) is 1.12. The van der Waals surface area contributed by atoms with Crippen LogP contribution < -0.4 is 5.32 Å². The summed E-state index contributed by atoms with van der Waals surface area (Å²) in [5.41, 5.74) is 0.491. The van der Waals surface area contributed by atoms with E-state index in [4.69, 9.17) is 0 Å². The maximum atomic E-state index is 3.60. The van der Waals surface area contributed by atoms with Crippen molar-refractivity contribution in [3.8, 4) is 0 Å².